The first-order valence-corrected chi connectivity index (χ1v) is 8.91. The Morgan fingerprint density at radius 2 is 1.88 bits per heavy atom. The lowest BCUT2D eigenvalue weighted by atomic mass is 10.0. The molecule has 134 valence electrons. The number of amides is 2. The van der Waals surface area contributed by atoms with Crippen LogP contribution in [0.4, 0.5) is 5.69 Å². The van der Waals surface area contributed by atoms with Crippen LogP contribution in [0.3, 0.4) is 0 Å². The predicted molar refractivity (Wildman–Crippen MR) is 96.1 cm³/mol. The Hall–Kier alpha value is -2.34. The van der Waals surface area contributed by atoms with Crippen LogP contribution in [0.1, 0.15) is 37.7 Å². The number of anilines is 1. The largest absolute Gasteiger partial charge is 0.371 e. The molecule has 1 aliphatic carbocycles. The maximum atomic E-state index is 12.0. The Morgan fingerprint density at radius 1 is 1.16 bits per heavy atom. The zero-order valence-corrected chi connectivity index (χ0v) is 14.3. The Labute approximate surface area is 147 Å². The van der Waals surface area contributed by atoms with Crippen molar-refractivity contribution in [1.82, 2.24) is 10.8 Å². The van der Waals surface area contributed by atoms with Crippen LogP contribution in [-0.2, 0) is 9.59 Å². The molecule has 3 rings (SSSR count). The van der Waals surface area contributed by atoms with Crippen LogP contribution in [0.5, 0.6) is 0 Å². The standard InChI is InChI=1S/C19H25N3O3/c23-18(21-25)8-7-15-3-1-2-4-17(15)22-11-9-16(10-12-22)20-19(24)13-14-5-6-14/h1-4,7-8,14,16,25H,5-6,9-13H2,(H,20,24)(H,21,23). The minimum absolute atomic E-state index is 0.194. The lowest BCUT2D eigenvalue weighted by molar-refractivity contribution is -0.124. The number of hydrogen-bond acceptors (Lipinski definition) is 4. The van der Waals surface area contributed by atoms with Crippen molar-refractivity contribution in [1.29, 1.82) is 0 Å². The van der Waals surface area contributed by atoms with Crippen molar-refractivity contribution in [3.63, 3.8) is 0 Å². The number of benzene rings is 1. The van der Waals surface area contributed by atoms with E-state index < -0.39 is 5.91 Å². The van der Waals surface area contributed by atoms with Gasteiger partial charge < -0.3 is 10.2 Å². The summed E-state index contributed by atoms with van der Waals surface area (Å²) in [5.41, 5.74) is 3.59. The second-order valence-corrected chi connectivity index (χ2v) is 6.84. The molecule has 6 heteroatoms. The Morgan fingerprint density at radius 3 is 2.56 bits per heavy atom. The van der Waals surface area contributed by atoms with E-state index in [1.54, 1.807) is 11.6 Å². The fourth-order valence-corrected chi connectivity index (χ4v) is 3.25. The van der Waals surface area contributed by atoms with Gasteiger partial charge in [-0.15, -0.1) is 0 Å². The van der Waals surface area contributed by atoms with Gasteiger partial charge in [0.1, 0.15) is 0 Å². The zero-order chi connectivity index (χ0) is 17.6. The van der Waals surface area contributed by atoms with Crippen LogP contribution in [0.25, 0.3) is 6.08 Å². The van der Waals surface area contributed by atoms with Crippen LogP contribution in [-0.4, -0.2) is 36.2 Å². The van der Waals surface area contributed by atoms with E-state index >= 15 is 0 Å². The normalized spacial score (nSPS) is 18.4. The molecule has 2 aliphatic rings. The van der Waals surface area contributed by atoms with E-state index in [2.05, 4.69) is 10.2 Å². The van der Waals surface area contributed by atoms with Gasteiger partial charge in [0.05, 0.1) is 0 Å². The molecule has 1 aromatic carbocycles. The molecule has 1 aromatic rings. The summed E-state index contributed by atoms with van der Waals surface area (Å²) in [5.74, 6) is 0.265. The molecule has 1 aliphatic heterocycles. The Bertz CT molecular complexity index is 647. The lowest BCUT2D eigenvalue weighted by Crippen LogP contribution is -2.45. The quantitative estimate of drug-likeness (QED) is 0.420. The number of hydroxylamine groups is 1. The minimum atomic E-state index is -0.549. The monoisotopic (exact) mass is 343 g/mol. The van der Waals surface area contributed by atoms with Crippen LogP contribution < -0.4 is 15.7 Å². The van der Waals surface area contributed by atoms with E-state index in [1.807, 2.05) is 24.3 Å². The summed E-state index contributed by atoms with van der Waals surface area (Å²) < 4.78 is 0. The minimum Gasteiger partial charge on any atom is -0.371 e. The van der Waals surface area contributed by atoms with Crippen molar-refractivity contribution in [3.05, 3.63) is 35.9 Å². The topological polar surface area (TPSA) is 81.7 Å². The molecule has 1 heterocycles. The van der Waals surface area contributed by atoms with Crippen LogP contribution in [0.2, 0.25) is 0 Å². The number of piperidine rings is 1. The van der Waals surface area contributed by atoms with Crippen molar-refractivity contribution in [3.8, 4) is 0 Å². The molecule has 0 aromatic heterocycles. The molecule has 1 saturated heterocycles. The maximum absolute atomic E-state index is 12.0. The van der Waals surface area contributed by atoms with E-state index in [-0.39, 0.29) is 11.9 Å². The number of nitrogens with one attached hydrogen (secondary N) is 2. The summed E-state index contributed by atoms with van der Waals surface area (Å²) in [5, 5.41) is 11.8. The predicted octanol–water partition coefficient (Wildman–Crippen LogP) is 2.09. The molecule has 0 unspecified atom stereocenters. The average molecular weight is 343 g/mol. The van der Waals surface area contributed by atoms with Gasteiger partial charge in [-0.1, -0.05) is 18.2 Å². The third-order valence-corrected chi connectivity index (χ3v) is 4.83. The first-order chi connectivity index (χ1) is 12.2. The van der Waals surface area contributed by atoms with Gasteiger partial charge in [-0.05, 0) is 49.3 Å². The summed E-state index contributed by atoms with van der Waals surface area (Å²) in [4.78, 5) is 25.4. The molecule has 0 bridgehead atoms. The Kier molecular flexibility index (Phi) is 5.71. The number of rotatable bonds is 6. The highest BCUT2D eigenvalue weighted by Gasteiger charge is 2.27. The molecule has 2 fully saturated rings. The van der Waals surface area contributed by atoms with E-state index in [1.165, 1.54) is 18.9 Å². The molecule has 3 N–H and O–H groups in total. The smallest absolute Gasteiger partial charge is 0.267 e. The first-order valence-electron chi connectivity index (χ1n) is 8.91. The molecule has 1 saturated carbocycles. The zero-order valence-electron chi connectivity index (χ0n) is 14.3. The van der Waals surface area contributed by atoms with Crippen LogP contribution in [0, 0.1) is 5.92 Å². The van der Waals surface area contributed by atoms with E-state index in [9.17, 15) is 9.59 Å². The molecule has 2 amide bonds. The molecule has 6 nitrogen and oxygen atoms in total. The number of hydrogen-bond donors (Lipinski definition) is 3. The van der Waals surface area contributed by atoms with Crippen molar-refractivity contribution < 1.29 is 14.8 Å². The lowest BCUT2D eigenvalue weighted by Gasteiger charge is -2.34. The molecular formula is C19H25N3O3. The van der Waals surface area contributed by atoms with Crippen LogP contribution >= 0.6 is 0 Å². The summed E-state index contributed by atoms with van der Waals surface area (Å²) in [6.45, 7) is 1.73. The third kappa shape index (κ3) is 5.06. The summed E-state index contributed by atoms with van der Waals surface area (Å²) in [7, 11) is 0. The van der Waals surface area contributed by atoms with Crippen molar-refractivity contribution >= 4 is 23.6 Å². The summed E-state index contributed by atoms with van der Waals surface area (Å²) in [6.07, 6.45) is 7.93. The first kappa shape index (κ1) is 17.5. The summed E-state index contributed by atoms with van der Waals surface area (Å²) in [6, 6.07) is 8.13. The highest BCUT2D eigenvalue weighted by Crippen LogP contribution is 2.32. The number of carbonyl (C=O) groups is 2. The van der Waals surface area contributed by atoms with E-state index in [4.69, 9.17) is 5.21 Å². The number of para-hydroxylation sites is 1. The van der Waals surface area contributed by atoms with Gasteiger partial charge in [0.15, 0.2) is 0 Å². The molecule has 25 heavy (non-hydrogen) atoms. The van der Waals surface area contributed by atoms with Gasteiger partial charge in [-0.2, -0.15) is 0 Å². The molecular weight excluding hydrogens is 318 g/mol. The van der Waals surface area contributed by atoms with Gasteiger partial charge >= 0.3 is 0 Å². The highest BCUT2D eigenvalue weighted by atomic mass is 16.5. The fraction of sp³-hybridized carbons (Fsp3) is 0.474. The second kappa shape index (κ2) is 8.16. The van der Waals surface area contributed by atoms with Crippen molar-refractivity contribution in [2.45, 2.75) is 38.1 Å². The number of nitrogens with zero attached hydrogens (tertiary/aromatic N) is 1. The highest BCUT2D eigenvalue weighted by molar-refractivity contribution is 5.91. The Balaban J connectivity index is 1.56. The van der Waals surface area contributed by atoms with E-state index in [0.29, 0.717) is 12.3 Å². The number of carbonyl (C=O) groups excluding carboxylic acids is 2. The van der Waals surface area contributed by atoms with Crippen LogP contribution in [0.15, 0.2) is 30.3 Å². The maximum Gasteiger partial charge on any atom is 0.267 e. The van der Waals surface area contributed by atoms with Gasteiger partial charge in [0.2, 0.25) is 5.91 Å². The molecule has 0 radical (unpaired) electrons. The average Bonchev–Trinajstić information content (AvgIpc) is 3.44. The van der Waals surface area contributed by atoms with Crippen molar-refractivity contribution in [2.75, 3.05) is 18.0 Å². The van der Waals surface area contributed by atoms with Gasteiger partial charge in [-0.3, -0.25) is 14.8 Å². The van der Waals surface area contributed by atoms with E-state index in [0.717, 1.165) is 37.2 Å². The van der Waals surface area contributed by atoms with Gasteiger partial charge in [0, 0.05) is 37.3 Å². The fourth-order valence-electron chi connectivity index (χ4n) is 3.25. The second-order valence-electron chi connectivity index (χ2n) is 6.84. The van der Waals surface area contributed by atoms with Crippen molar-refractivity contribution in [2.24, 2.45) is 5.92 Å². The molecule has 0 spiro atoms. The van der Waals surface area contributed by atoms with Gasteiger partial charge in [0.25, 0.3) is 5.91 Å². The third-order valence-electron chi connectivity index (χ3n) is 4.83. The van der Waals surface area contributed by atoms with Gasteiger partial charge in [-0.25, -0.2) is 5.48 Å². The molecule has 0 atom stereocenters. The SMILES string of the molecule is O=C(C=Cc1ccccc1N1CCC(NC(=O)CC2CC2)CC1)NO. The summed E-state index contributed by atoms with van der Waals surface area (Å²) >= 11 is 0.